The van der Waals surface area contributed by atoms with Gasteiger partial charge < -0.3 is 10.5 Å². The first-order chi connectivity index (χ1) is 10.2. The summed E-state index contributed by atoms with van der Waals surface area (Å²) in [6.45, 7) is 0. The molecule has 0 atom stereocenters. The standard InChI is InChI=1S/C13H12N4O2S2/c1-19-10-4-8(14)2-3-11(10)20-6-9-5-12(18)17-13(16-9)21-7-15-17/h2-5,7H,6,14H2,1H3. The number of fused-ring (bicyclic) bond motifs is 1. The van der Waals surface area contributed by atoms with E-state index in [1.165, 1.54) is 21.9 Å². The number of ether oxygens (including phenoxy) is 1. The minimum absolute atomic E-state index is 0.166. The average molecular weight is 320 g/mol. The lowest BCUT2D eigenvalue weighted by atomic mass is 10.3. The van der Waals surface area contributed by atoms with Crippen LogP contribution in [0.4, 0.5) is 5.69 Å². The van der Waals surface area contributed by atoms with Crippen molar-refractivity contribution in [2.45, 2.75) is 10.6 Å². The Kier molecular flexibility index (Phi) is 3.80. The normalized spacial score (nSPS) is 10.9. The number of aromatic nitrogens is 3. The van der Waals surface area contributed by atoms with Crippen molar-refractivity contribution >= 4 is 33.7 Å². The van der Waals surface area contributed by atoms with E-state index >= 15 is 0 Å². The Hall–Kier alpha value is -2.06. The Bertz CT molecular complexity index is 844. The number of benzene rings is 1. The monoisotopic (exact) mass is 320 g/mol. The lowest BCUT2D eigenvalue weighted by Gasteiger charge is -2.08. The lowest BCUT2D eigenvalue weighted by Crippen LogP contribution is -2.14. The summed E-state index contributed by atoms with van der Waals surface area (Å²) in [6.07, 6.45) is 0. The maximum absolute atomic E-state index is 11.9. The van der Waals surface area contributed by atoms with Gasteiger partial charge in [-0.05, 0) is 12.1 Å². The van der Waals surface area contributed by atoms with Gasteiger partial charge in [0.25, 0.3) is 5.56 Å². The summed E-state index contributed by atoms with van der Waals surface area (Å²) in [4.78, 5) is 17.8. The topological polar surface area (TPSA) is 82.5 Å². The summed E-state index contributed by atoms with van der Waals surface area (Å²) in [5, 5.41) is 3.93. The van der Waals surface area contributed by atoms with Gasteiger partial charge in [0.15, 0.2) is 0 Å². The molecule has 6 nitrogen and oxygen atoms in total. The van der Waals surface area contributed by atoms with Crippen LogP contribution in [0.3, 0.4) is 0 Å². The molecular formula is C13H12N4O2S2. The van der Waals surface area contributed by atoms with Crippen LogP contribution >= 0.6 is 23.1 Å². The Balaban J connectivity index is 1.85. The molecule has 0 aliphatic rings. The van der Waals surface area contributed by atoms with E-state index in [2.05, 4.69) is 10.1 Å². The van der Waals surface area contributed by atoms with E-state index in [0.717, 1.165) is 10.6 Å². The molecule has 3 rings (SSSR count). The fourth-order valence-electron chi connectivity index (χ4n) is 1.83. The first-order valence-corrected chi connectivity index (χ1v) is 7.92. The van der Waals surface area contributed by atoms with E-state index in [1.54, 1.807) is 30.4 Å². The Morgan fingerprint density at radius 3 is 3.10 bits per heavy atom. The number of hydrogen-bond acceptors (Lipinski definition) is 7. The van der Waals surface area contributed by atoms with Crippen molar-refractivity contribution in [1.29, 1.82) is 0 Å². The van der Waals surface area contributed by atoms with Crippen molar-refractivity contribution in [2.24, 2.45) is 0 Å². The Morgan fingerprint density at radius 1 is 1.43 bits per heavy atom. The van der Waals surface area contributed by atoms with Gasteiger partial charge in [0, 0.05) is 28.5 Å². The molecule has 0 aliphatic carbocycles. The molecule has 2 aromatic heterocycles. The van der Waals surface area contributed by atoms with Crippen LogP contribution in [0.15, 0.2) is 39.5 Å². The van der Waals surface area contributed by atoms with E-state index in [4.69, 9.17) is 10.5 Å². The third-order valence-electron chi connectivity index (χ3n) is 2.80. The molecular weight excluding hydrogens is 308 g/mol. The number of thioether (sulfide) groups is 1. The molecule has 0 radical (unpaired) electrons. The predicted octanol–water partition coefficient (Wildman–Crippen LogP) is 2.03. The van der Waals surface area contributed by atoms with Gasteiger partial charge in [0.1, 0.15) is 11.3 Å². The molecule has 0 fully saturated rings. The Morgan fingerprint density at radius 2 is 2.29 bits per heavy atom. The van der Waals surface area contributed by atoms with Crippen LogP contribution in [0.5, 0.6) is 5.75 Å². The summed E-state index contributed by atoms with van der Waals surface area (Å²) in [5.74, 6) is 1.29. The maximum Gasteiger partial charge on any atom is 0.275 e. The molecule has 8 heteroatoms. The van der Waals surface area contributed by atoms with Crippen molar-refractivity contribution in [3.05, 3.63) is 45.8 Å². The molecule has 0 saturated heterocycles. The van der Waals surface area contributed by atoms with Gasteiger partial charge in [0.2, 0.25) is 4.96 Å². The molecule has 1 aromatic carbocycles. The average Bonchev–Trinajstić information content (AvgIpc) is 2.94. The number of rotatable bonds is 4. The highest BCUT2D eigenvalue weighted by Crippen LogP contribution is 2.32. The maximum atomic E-state index is 11.9. The number of nitrogens with two attached hydrogens (primary N) is 1. The number of nitrogens with zero attached hydrogens (tertiary/aromatic N) is 3. The molecule has 2 N–H and O–H groups in total. The highest BCUT2D eigenvalue weighted by Gasteiger charge is 2.08. The smallest absolute Gasteiger partial charge is 0.275 e. The zero-order chi connectivity index (χ0) is 14.8. The lowest BCUT2D eigenvalue weighted by molar-refractivity contribution is 0.405. The summed E-state index contributed by atoms with van der Waals surface area (Å²) in [6, 6.07) is 7.00. The minimum Gasteiger partial charge on any atom is -0.496 e. The van der Waals surface area contributed by atoms with E-state index < -0.39 is 0 Å². The first kappa shape index (κ1) is 13.9. The zero-order valence-corrected chi connectivity index (χ0v) is 12.8. The van der Waals surface area contributed by atoms with E-state index in [9.17, 15) is 4.79 Å². The number of hydrogen-bond donors (Lipinski definition) is 1. The van der Waals surface area contributed by atoms with Crippen molar-refractivity contribution < 1.29 is 4.74 Å². The third kappa shape index (κ3) is 2.86. The zero-order valence-electron chi connectivity index (χ0n) is 11.1. The molecule has 108 valence electrons. The molecule has 0 amide bonds. The molecule has 0 aliphatic heterocycles. The summed E-state index contributed by atoms with van der Waals surface area (Å²) in [7, 11) is 1.60. The largest absolute Gasteiger partial charge is 0.496 e. The molecule has 0 bridgehead atoms. The van der Waals surface area contributed by atoms with Crippen LogP contribution < -0.4 is 16.0 Å². The second-order valence-electron chi connectivity index (χ2n) is 4.22. The van der Waals surface area contributed by atoms with Crippen molar-refractivity contribution in [2.75, 3.05) is 12.8 Å². The van der Waals surface area contributed by atoms with Gasteiger partial charge in [-0.15, -0.1) is 11.8 Å². The molecule has 0 saturated carbocycles. The first-order valence-electron chi connectivity index (χ1n) is 6.06. The van der Waals surface area contributed by atoms with Crippen LogP contribution in [0, 0.1) is 0 Å². The highest BCUT2D eigenvalue weighted by molar-refractivity contribution is 7.98. The predicted molar refractivity (Wildman–Crippen MR) is 84.1 cm³/mol. The van der Waals surface area contributed by atoms with Gasteiger partial charge in [-0.3, -0.25) is 4.79 Å². The van der Waals surface area contributed by atoms with Gasteiger partial charge in [-0.2, -0.15) is 9.61 Å². The van der Waals surface area contributed by atoms with Crippen LogP contribution in [0.2, 0.25) is 0 Å². The number of nitrogen functional groups attached to an aromatic ring is 1. The van der Waals surface area contributed by atoms with Gasteiger partial charge in [-0.1, -0.05) is 11.3 Å². The van der Waals surface area contributed by atoms with Crippen LogP contribution in [-0.2, 0) is 5.75 Å². The van der Waals surface area contributed by atoms with E-state index in [0.29, 0.717) is 22.1 Å². The Labute approximate surface area is 128 Å². The quantitative estimate of drug-likeness (QED) is 0.585. The molecule has 21 heavy (non-hydrogen) atoms. The molecule has 0 spiro atoms. The van der Waals surface area contributed by atoms with E-state index in [1.807, 2.05) is 12.1 Å². The summed E-state index contributed by atoms with van der Waals surface area (Å²) < 4.78 is 6.60. The second-order valence-corrected chi connectivity index (χ2v) is 6.05. The van der Waals surface area contributed by atoms with Crippen LogP contribution in [0.1, 0.15) is 5.69 Å². The van der Waals surface area contributed by atoms with Crippen molar-refractivity contribution in [3.63, 3.8) is 0 Å². The van der Waals surface area contributed by atoms with E-state index in [-0.39, 0.29) is 5.56 Å². The van der Waals surface area contributed by atoms with Gasteiger partial charge in [0.05, 0.1) is 12.8 Å². The van der Waals surface area contributed by atoms with Crippen LogP contribution in [-0.4, -0.2) is 21.7 Å². The molecule has 0 unspecified atom stereocenters. The van der Waals surface area contributed by atoms with Crippen molar-refractivity contribution in [1.82, 2.24) is 14.6 Å². The summed E-state index contributed by atoms with van der Waals surface area (Å²) >= 11 is 2.88. The SMILES string of the molecule is COc1cc(N)ccc1SCc1cc(=O)n2ncsc2n1. The second kappa shape index (κ2) is 5.74. The van der Waals surface area contributed by atoms with Crippen molar-refractivity contribution in [3.8, 4) is 5.75 Å². The molecule has 3 aromatic rings. The number of anilines is 1. The third-order valence-corrected chi connectivity index (χ3v) is 4.57. The number of methoxy groups -OCH3 is 1. The van der Waals surface area contributed by atoms with Crippen LogP contribution in [0.25, 0.3) is 4.96 Å². The highest BCUT2D eigenvalue weighted by atomic mass is 32.2. The molecule has 2 heterocycles. The fourth-order valence-corrected chi connectivity index (χ4v) is 3.37. The minimum atomic E-state index is -0.166. The van der Waals surface area contributed by atoms with Gasteiger partial charge >= 0.3 is 0 Å². The summed E-state index contributed by atoms with van der Waals surface area (Å²) in [5.41, 5.74) is 8.53. The fraction of sp³-hybridized carbons (Fsp3) is 0.154. The van der Waals surface area contributed by atoms with Gasteiger partial charge in [-0.25, -0.2) is 4.98 Å².